The molecule has 3 atom stereocenters. The number of carbonyl (C=O) groups is 2. The molecule has 1 N–H and O–H groups in total. The van der Waals surface area contributed by atoms with Crippen LogP contribution in [0.3, 0.4) is 0 Å². The number of nitrogens with zero attached hydrogens (tertiary/aromatic N) is 1. The average Bonchev–Trinajstić information content (AvgIpc) is 2.71. The van der Waals surface area contributed by atoms with Crippen LogP contribution >= 0.6 is 0 Å². The number of hydrogen-bond acceptors (Lipinski definition) is 6. The maximum Gasteiger partial charge on any atom is 0.331 e. The van der Waals surface area contributed by atoms with Gasteiger partial charge in [-0.2, -0.15) is 0 Å². The Morgan fingerprint density at radius 1 is 1.20 bits per heavy atom. The summed E-state index contributed by atoms with van der Waals surface area (Å²) < 4.78 is 16.7. The van der Waals surface area contributed by atoms with Gasteiger partial charge in [0.05, 0.1) is 14.2 Å². The zero-order valence-corrected chi connectivity index (χ0v) is 18.1. The smallest absolute Gasteiger partial charge is 0.331 e. The molecule has 1 fully saturated rings. The molecule has 164 valence electrons. The van der Waals surface area contributed by atoms with E-state index < -0.39 is 11.9 Å². The largest absolute Gasteiger partial charge is 0.493 e. The monoisotopic (exact) mass is 417 g/mol. The fraction of sp³-hybridized carbons (Fsp3) is 0.565. The Labute approximate surface area is 177 Å². The Kier molecular flexibility index (Phi) is 7.02. The number of ether oxygens (including phenoxy) is 3. The molecule has 0 amide bonds. The van der Waals surface area contributed by atoms with Crippen molar-refractivity contribution < 1.29 is 28.9 Å². The van der Waals surface area contributed by atoms with Gasteiger partial charge < -0.3 is 19.3 Å². The van der Waals surface area contributed by atoms with Crippen LogP contribution in [0.15, 0.2) is 24.3 Å². The van der Waals surface area contributed by atoms with Crippen molar-refractivity contribution in [1.82, 2.24) is 4.90 Å². The second-order valence-corrected chi connectivity index (χ2v) is 8.44. The standard InChI is InChI=1S/C23H31NO6/c1-14(2)9-16-13-24-8-7-15-10-20(28-3)21(29-4)11-17(15)18(24)12-19(16)30-23(27)6-5-22(25)26/h5-6,10-11,14,16,18-19H,7-9,12-13H2,1-4H3,(H,25,26)/b6-5+/t16-,18-,19-/m1/s1. The number of hydrogen-bond donors (Lipinski definition) is 1. The first-order chi connectivity index (χ1) is 14.3. The number of esters is 1. The van der Waals surface area contributed by atoms with Crippen molar-refractivity contribution in [2.24, 2.45) is 11.8 Å². The number of carboxylic acids is 1. The Morgan fingerprint density at radius 2 is 1.90 bits per heavy atom. The summed E-state index contributed by atoms with van der Waals surface area (Å²) in [7, 11) is 3.26. The van der Waals surface area contributed by atoms with Gasteiger partial charge in [-0.05, 0) is 42.0 Å². The maximum atomic E-state index is 12.2. The third kappa shape index (κ3) is 4.95. The predicted octanol–water partition coefficient (Wildman–Crippen LogP) is 3.22. The summed E-state index contributed by atoms with van der Waals surface area (Å²) in [5, 5.41) is 8.77. The highest BCUT2D eigenvalue weighted by molar-refractivity contribution is 5.90. The van der Waals surface area contributed by atoms with Gasteiger partial charge in [0.2, 0.25) is 0 Å². The van der Waals surface area contributed by atoms with Crippen molar-refractivity contribution >= 4 is 11.9 Å². The van der Waals surface area contributed by atoms with Gasteiger partial charge in [-0.3, -0.25) is 4.90 Å². The lowest BCUT2D eigenvalue weighted by Gasteiger charge is -2.47. The van der Waals surface area contributed by atoms with E-state index in [9.17, 15) is 9.59 Å². The number of rotatable bonds is 7. The van der Waals surface area contributed by atoms with E-state index >= 15 is 0 Å². The van der Waals surface area contributed by atoms with Crippen LogP contribution in [0.25, 0.3) is 0 Å². The van der Waals surface area contributed by atoms with E-state index in [1.807, 2.05) is 12.1 Å². The van der Waals surface area contributed by atoms with E-state index in [2.05, 4.69) is 18.7 Å². The third-order valence-corrected chi connectivity index (χ3v) is 5.97. The number of carboxylic acid groups (broad SMARTS) is 1. The molecule has 2 heterocycles. The maximum absolute atomic E-state index is 12.2. The molecule has 0 aromatic heterocycles. The van der Waals surface area contributed by atoms with Crippen molar-refractivity contribution in [3.63, 3.8) is 0 Å². The Balaban J connectivity index is 1.87. The zero-order valence-electron chi connectivity index (χ0n) is 18.1. The second-order valence-electron chi connectivity index (χ2n) is 8.44. The summed E-state index contributed by atoms with van der Waals surface area (Å²) >= 11 is 0. The number of fused-ring (bicyclic) bond motifs is 3. The van der Waals surface area contributed by atoms with Gasteiger partial charge in [-0.25, -0.2) is 9.59 Å². The van der Waals surface area contributed by atoms with Crippen LogP contribution in [0, 0.1) is 11.8 Å². The summed E-state index contributed by atoms with van der Waals surface area (Å²) in [6.45, 7) is 6.12. The average molecular weight is 418 g/mol. The SMILES string of the molecule is COc1cc2c(cc1OC)[C@H]1C[C@@H](OC(=O)/C=C/C(=O)O)[C@H](CC(C)C)CN1CC2. The molecule has 0 aliphatic carbocycles. The van der Waals surface area contributed by atoms with Crippen molar-refractivity contribution in [3.05, 3.63) is 35.4 Å². The Hall–Kier alpha value is -2.54. The van der Waals surface area contributed by atoms with Crippen LogP contribution in [-0.4, -0.2) is 55.4 Å². The highest BCUT2D eigenvalue weighted by Crippen LogP contribution is 2.44. The van der Waals surface area contributed by atoms with Gasteiger partial charge >= 0.3 is 11.9 Å². The normalized spacial score (nSPS) is 23.7. The number of benzene rings is 1. The number of piperidine rings is 1. The van der Waals surface area contributed by atoms with Crippen molar-refractivity contribution in [2.45, 2.75) is 45.3 Å². The van der Waals surface area contributed by atoms with E-state index in [-0.39, 0.29) is 18.1 Å². The van der Waals surface area contributed by atoms with Gasteiger partial charge in [0, 0.05) is 43.6 Å². The molecule has 2 aliphatic heterocycles. The minimum atomic E-state index is -1.16. The van der Waals surface area contributed by atoms with Gasteiger partial charge in [-0.1, -0.05) is 13.8 Å². The van der Waals surface area contributed by atoms with Gasteiger partial charge in [0.1, 0.15) is 6.10 Å². The first-order valence-corrected chi connectivity index (χ1v) is 10.4. The summed E-state index contributed by atoms with van der Waals surface area (Å²) in [5.41, 5.74) is 2.41. The van der Waals surface area contributed by atoms with Crippen LogP contribution in [0.4, 0.5) is 0 Å². The van der Waals surface area contributed by atoms with Crippen molar-refractivity contribution in [2.75, 3.05) is 27.3 Å². The highest BCUT2D eigenvalue weighted by atomic mass is 16.5. The molecule has 2 aliphatic rings. The molecule has 3 rings (SSSR count). The number of methoxy groups -OCH3 is 2. The lowest BCUT2D eigenvalue weighted by Crippen LogP contribution is -2.49. The molecular weight excluding hydrogens is 386 g/mol. The number of aliphatic carboxylic acids is 1. The minimum absolute atomic E-state index is 0.123. The molecule has 1 aromatic rings. The van der Waals surface area contributed by atoms with E-state index in [1.165, 1.54) is 11.1 Å². The lowest BCUT2D eigenvalue weighted by atomic mass is 9.79. The van der Waals surface area contributed by atoms with Gasteiger partial charge in [0.25, 0.3) is 0 Å². The fourth-order valence-electron chi connectivity index (χ4n) is 4.71. The summed E-state index contributed by atoms with van der Waals surface area (Å²) in [5.74, 6) is 0.338. The topological polar surface area (TPSA) is 85.3 Å². The molecule has 7 nitrogen and oxygen atoms in total. The van der Waals surface area contributed by atoms with Crippen LogP contribution in [0.1, 0.15) is 43.9 Å². The van der Waals surface area contributed by atoms with E-state index in [1.54, 1.807) is 14.2 Å². The molecule has 7 heteroatoms. The molecule has 0 unspecified atom stereocenters. The highest BCUT2D eigenvalue weighted by Gasteiger charge is 2.41. The molecule has 0 spiro atoms. The van der Waals surface area contributed by atoms with Crippen molar-refractivity contribution in [3.8, 4) is 11.5 Å². The molecule has 0 saturated carbocycles. The summed E-state index contributed by atoms with van der Waals surface area (Å²) in [6.07, 6.45) is 4.10. The molecule has 1 aromatic carbocycles. The van der Waals surface area contributed by atoms with E-state index in [0.717, 1.165) is 43.8 Å². The van der Waals surface area contributed by atoms with E-state index in [0.29, 0.717) is 18.1 Å². The zero-order chi connectivity index (χ0) is 21.8. The molecule has 30 heavy (non-hydrogen) atoms. The molecule has 0 radical (unpaired) electrons. The van der Waals surface area contributed by atoms with Crippen LogP contribution in [0.5, 0.6) is 11.5 Å². The molecule has 0 bridgehead atoms. The van der Waals surface area contributed by atoms with Crippen LogP contribution in [0.2, 0.25) is 0 Å². The molecular formula is C23H31NO6. The first kappa shape index (κ1) is 22.2. The van der Waals surface area contributed by atoms with Crippen LogP contribution < -0.4 is 9.47 Å². The quantitative estimate of drug-likeness (QED) is 0.538. The Bertz CT molecular complexity index is 818. The summed E-state index contributed by atoms with van der Waals surface area (Å²) in [6, 6.07) is 4.21. The van der Waals surface area contributed by atoms with Crippen LogP contribution in [-0.2, 0) is 20.7 Å². The lowest BCUT2D eigenvalue weighted by molar-refractivity contribution is -0.151. The predicted molar refractivity (Wildman–Crippen MR) is 112 cm³/mol. The first-order valence-electron chi connectivity index (χ1n) is 10.4. The van der Waals surface area contributed by atoms with Crippen molar-refractivity contribution in [1.29, 1.82) is 0 Å². The third-order valence-electron chi connectivity index (χ3n) is 5.97. The van der Waals surface area contributed by atoms with Gasteiger partial charge in [0.15, 0.2) is 11.5 Å². The fourth-order valence-corrected chi connectivity index (χ4v) is 4.71. The van der Waals surface area contributed by atoms with Gasteiger partial charge in [-0.15, -0.1) is 0 Å². The second kappa shape index (κ2) is 9.51. The van der Waals surface area contributed by atoms with E-state index in [4.69, 9.17) is 19.3 Å². The molecule has 1 saturated heterocycles. The number of carbonyl (C=O) groups excluding carboxylic acids is 1. The Morgan fingerprint density at radius 3 is 2.53 bits per heavy atom. The minimum Gasteiger partial charge on any atom is -0.493 e. The summed E-state index contributed by atoms with van der Waals surface area (Å²) in [4.78, 5) is 25.4.